The van der Waals surface area contributed by atoms with Crippen LogP contribution in [-0.2, 0) is 22.4 Å². The molecule has 2 N–H and O–H groups in total. The number of aromatic amines is 1. The first-order valence-electron chi connectivity index (χ1n) is 15.5. The quantitative estimate of drug-likeness (QED) is 0.482. The number of nitrogens with zero attached hydrogens (tertiary/aromatic N) is 3. The molecule has 3 amide bonds. The molecule has 0 spiro atoms. The Morgan fingerprint density at radius 1 is 0.977 bits per heavy atom. The minimum Gasteiger partial charge on any atom is -0.493 e. The summed E-state index contributed by atoms with van der Waals surface area (Å²) in [6, 6.07) is 9.71. The Labute approximate surface area is 252 Å². The molecule has 4 bridgehead atoms. The Bertz CT molecular complexity index is 1500. The van der Waals surface area contributed by atoms with Gasteiger partial charge in [0.1, 0.15) is 11.3 Å². The maximum atomic E-state index is 13.8. The third-order valence-corrected chi connectivity index (χ3v) is 9.30. The van der Waals surface area contributed by atoms with Crippen LogP contribution >= 0.6 is 0 Å². The highest BCUT2D eigenvalue weighted by Crippen LogP contribution is 2.37. The summed E-state index contributed by atoms with van der Waals surface area (Å²) < 4.78 is 11.3. The van der Waals surface area contributed by atoms with Crippen molar-refractivity contribution >= 4 is 28.8 Å². The highest BCUT2D eigenvalue weighted by Gasteiger charge is 2.43. The number of rotatable bonds is 3. The van der Waals surface area contributed by atoms with Crippen LogP contribution in [0.3, 0.4) is 0 Å². The van der Waals surface area contributed by atoms with E-state index < -0.39 is 0 Å². The van der Waals surface area contributed by atoms with Crippen LogP contribution in [0.4, 0.5) is 0 Å². The molecule has 5 heterocycles. The van der Waals surface area contributed by atoms with E-state index in [0.717, 1.165) is 42.2 Å². The molecule has 3 aliphatic heterocycles. The second-order valence-electron chi connectivity index (χ2n) is 12.1. The predicted octanol–water partition coefficient (Wildman–Crippen LogP) is 3.73. The standard InChI is InChI=1S/C33H41N5O5/c1-42-28-17-21-8-11-30(40)38-19-22-16-25(20-37(18-22)33(41)26-10-9-23-12-14-35-32(23)36-26)27(38)6-3-7-29(39)34-13-4-5-24(15-21)31(28)43-2/h9-10,12,14-15,17,22,25,27H,3-8,11,13,16,18-20H2,1-2H3,(H,34,39)(H,35,36)/t22-,25+,27-/m0/s1. The SMILES string of the molecule is COc1cc2cc(c1OC)CCCNC(=O)CCC[C@H]1[C@@H]3C[C@@H](CN(C(=O)c4ccc5cc[nH]c5n4)C3)CN1C(=O)CC2. The first-order valence-corrected chi connectivity index (χ1v) is 15.5. The van der Waals surface area contributed by atoms with E-state index in [9.17, 15) is 14.4 Å². The number of carbonyl (C=O) groups excluding carboxylic acids is 3. The summed E-state index contributed by atoms with van der Waals surface area (Å²) in [5, 5.41) is 4.03. The number of amides is 3. The third kappa shape index (κ3) is 6.19. The molecule has 10 heteroatoms. The van der Waals surface area contributed by atoms with E-state index >= 15 is 0 Å². The predicted molar refractivity (Wildman–Crippen MR) is 162 cm³/mol. The van der Waals surface area contributed by atoms with Gasteiger partial charge in [-0.1, -0.05) is 6.07 Å². The van der Waals surface area contributed by atoms with Crippen molar-refractivity contribution in [2.45, 2.75) is 57.4 Å². The molecule has 2 fully saturated rings. The van der Waals surface area contributed by atoms with Crippen LogP contribution in [0.25, 0.3) is 11.0 Å². The highest BCUT2D eigenvalue weighted by atomic mass is 16.5. The molecular weight excluding hydrogens is 546 g/mol. The number of aryl methyl sites for hydroxylation is 2. The van der Waals surface area contributed by atoms with Crippen molar-refractivity contribution in [3.8, 4) is 11.5 Å². The molecule has 228 valence electrons. The van der Waals surface area contributed by atoms with E-state index in [1.165, 1.54) is 0 Å². The minimum atomic E-state index is -0.0668. The first-order chi connectivity index (χ1) is 20.9. The molecule has 2 saturated heterocycles. The monoisotopic (exact) mass is 587 g/mol. The van der Waals surface area contributed by atoms with Gasteiger partial charge in [0.2, 0.25) is 11.8 Å². The second kappa shape index (κ2) is 12.7. The normalized spacial score (nSPS) is 23.4. The van der Waals surface area contributed by atoms with Gasteiger partial charge in [0, 0.05) is 56.6 Å². The van der Waals surface area contributed by atoms with Gasteiger partial charge in [0.05, 0.1) is 14.2 Å². The maximum absolute atomic E-state index is 13.8. The second-order valence-corrected chi connectivity index (χ2v) is 12.1. The molecule has 3 aromatic rings. The summed E-state index contributed by atoms with van der Waals surface area (Å²) in [6.45, 7) is 2.40. The summed E-state index contributed by atoms with van der Waals surface area (Å²) in [5.74, 6) is 1.82. The Balaban J connectivity index is 1.22. The van der Waals surface area contributed by atoms with Crippen LogP contribution in [0.15, 0.2) is 36.5 Å². The third-order valence-electron chi connectivity index (χ3n) is 9.30. The lowest BCUT2D eigenvalue weighted by Gasteiger charge is -2.51. The van der Waals surface area contributed by atoms with Crippen LogP contribution in [0, 0.1) is 11.8 Å². The smallest absolute Gasteiger partial charge is 0.272 e. The van der Waals surface area contributed by atoms with E-state index in [2.05, 4.69) is 26.3 Å². The van der Waals surface area contributed by atoms with Gasteiger partial charge in [-0.15, -0.1) is 0 Å². The topological polar surface area (TPSA) is 117 Å². The largest absolute Gasteiger partial charge is 0.493 e. The molecule has 43 heavy (non-hydrogen) atoms. The summed E-state index contributed by atoms with van der Waals surface area (Å²) in [7, 11) is 3.26. The molecule has 1 aromatic carbocycles. The number of ether oxygens (including phenoxy) is 2. The van der Waals surface area contributed by atoms with Gasteiger partial charge in [-0.3, -0.25) is 14.4 Å². The zero-order valence-electron chi connectivity index (χ0n) is 25.1. The molecule has 6 rings (SSSR count). The average molecular weight is 588 g/mol. The number of H-pyrrole nitrogens is 1. The highest BCUT2D eigenvalue weighted by molar-refractivity contribution is 5.94. The van der Waals surface area contributed by atoms with Crippen molar-refractivity contribution < 1.29 is 23.9 Å². The van der Waals surface area contributed by atoms with Crippen molar-refractivity contribution in [2.75, 3.05) is 40.4 Å². The van der Waals surface area contributed by atoms with Crippen LogP contribution in [0.2, 0.25) is 0 Å². The number of carbonyl (C=O) groups is 3. The van der Waals surface area contributed by atoms with Crippen LogP contribution in [-0.4, -0.2) is 83.9 Å². The molecule has 0 radical (unpaired) electrons. The van der Waals surface area contributed by atoms with Gasteiger partial charge in [0.25, 0.3) is 5.91 Å². The zero-order valence-corrected chi connectivity index (χ0v) is 25.1. The molecule has 3 aliphatic rings. The summed E-state index contributed by atoms with van der Waals surface area (Å²) in [5.41, 5.74) is 3.20. The molecule has 0 unspecified atom stereocenters. The van der Waals surface area contributed by atoms with Crippen molar-refractivity contribution in [2.24, 2.45) is 11.8 Å². The van der Waals surface area contributed by atoms with Crippen molar-refractivity contribution in [3.05, 3.63) is 53.3 Å². The lowest BCUT2D eigenvalue weighted by molar-refractivity contribution is -0.140. The van der Waals surface area contributed by atoms with Crippen molar-refractivity contribution in [1.82, 2.24) is 25.1 Å². The molecule has 2 aromatic heterocycles. The van der Waals surface area contributed by atoms with Crippen LogP contribution in [0.5, 0.6) is 11.5 Å². The minimum absolute atomic E-state index is 0.0140. The van der Waals surface area contributed by atoms with E-state index in [-0.39, 0.29) is 35.6 Å². The number of methoxy groups -OCH3 is 2. The van der Waals surface area contributed by atoms with Gasteiger partial charge < -0.3 is 29.6 Å². The fraction of sp³-hybridized carbons (Fsp3) is 0.515. The first kappa shape index (κ1) is 29.0. The zero-order chi connectivity index (χ0) is 29.9. The number of likely N-dealkylation sites (tertiary alicyclic amines) is 1. The number of fused-ring (bicyclic) bond motifs is 7. The van der Waals surface area contributed by atoms with Crippen LogP contribution in [0.1, 0.15) is 60.1 Å². The number of pyridine rings is 1. The van der Waals surface area contributed by atoms with Gasteiger partial charge in [-0.2, -0.15) is 0 Å². The lowest BCUT2D eigenvalue weighted by Crippen LogP contribution is -2.60. The van der Waals surface area contributed by atoms with Crippen LogP contribution < -0.4 is 14.8 Å². The number of hydrogen-bond donors (Lipinski definition) is 2. The van der Waals surface area contributed by atoms with E-state index in [1.807, 2.05) is 29.3 Å². The Hall–Kier alpha value is -4.08. The number of aromatic nitrogens is 2. The van der Waals surface area contributed by atoms with Gasteiger partial charge >= 0.3 is 0 Å². The maximum Gasteiger partial charge on any atom is 0.272 e. The van der Waals surface area contributed by atoms with E-state index in [4.69, 9.17) is 9.47 Å². The lowest BCUT2D eigenvalue weighted by atomic mass is 9.77. The van der Waals surface area contributed by atoms with Gasteiger partial charge in [-0.25, -0.2) is 4.98 Å². The van der Waals surface area contributed by atoms with E-state index in [1.54, 1.807) is 20.3 Å². The molecule has 3 atom stereocenters. The molecular formula is C33H41N5O5. The summed E-state index contributed by atoms with van der Waals surface area (Å²) in [6.07, 6.45) is 7.19. The summed E-state index contributed by atoms with van der Waals surface area (Å²) >= 11 is 0. The summed E-state index contributed by atoms with van der Waals surface area (Å²) in [4.78, 5) is 51.8. The van der Waals surface area contributed by atoms with Crippen molar-refractivity contribution in [3.63, 3.8) is 0 Å². The molecule has 0 saturated carbocycles. The van der Waals surface area contributed by atoms with Crippen molar-refractivity contribution in [1.29, 1.82) is 0 Å². The average Bonchev–Trinajstić information content (AvgIpc) is 3.49. The number of benzene rings is 1. The fourth-order valence-electron chi connectivity index (χ4n) is 7.28. The molecule has 10 nitrogen and oxygen atoms in total. The van der Waals surface area contributed by atoms with Gasteiger partial charge in [0.15, 0.2) is 11.5 Å². The number of nitrogens with one attached hydrogen (secondary N) is 2. The van der Waals surface area contributed by atoms with Gasteiger partial charge in [-0.05, 0) is 85.8 Å². The van der Waals surface area contributed by atoms with E-state index in [0.29, 0.717) is 74.7 Å². The Morgan fingerprint density at radius 3 is 2.70 bits per heavy atom. The Morgan fingerprint density at radius 2 is 1.86 bits per heavy atom. The molecule has 0 aliphatic carbocycles. The fourth-order valence-corrected chi connectivity index (χ4v) is 7.28. The number of hydrogen-bond acceptors (Lipinski definition) is 6. The Kier molecular flexibility index (Phi) is 8.54. The number of piperidine rings is 2.